The lowest BCUT2D eigenvalue weighted by molar-refractivity contribution is -0.142. The molecular formula is C20H29ClN4O3S. The van der Waals surface area contributed by atoms with E-state index in [-0.39, 0.29) is 5.91 Å². The van der Waals surface area contributed by atoms with Crippen molar-refractivity contribution in [3.05, 3.63) is 34.9 Å². The zero-order chi connectivity index (χ0) is 20.6. The number of piperazine rings is 2. The van der Waals surface area contributed by atoms with Crippen LogP contribution in [0.3, 0.4) is 0 Å². The number of likely N-dealkylation sites (N-methyl/N-ethyl adjacent to an activating group) is 1. The van der Waals surface area contributed by atoms with E-state index in [4.69, 9.17) is 11.6 Å². The molecule has 0 radical (unpaired) electrons. The Morgan fingerprint density at radius 3 is 1.90 bits per heavy atom. The van der Waals surface area contributed by atoms with E-state index in [0.717, 1.165) is 37.9 Å². The van der Waals surface area contributed by atoms with Gasteiger partial charge in [-0.3, -0.25) is 4.79 Å². The summed E-state index contributed by atoms with van der Waals surface area (Å²) < 4.78 is 29.0. The van der Waals surface area contributed by atoms with Crippen molar-refractivity contribution in [2.75, 3.05) is 59.4 Å². The number of hydrogen-bond donors (Lipinski definition) is 0. The lowest BCUT2D eigenvalue weighted by Gasteiger charge is -2.46. The van der Waals surface area contributed by atoms with Gasteiger partial charge in [0.2, 0.25) is 5.91 Å². The number of carbonyl (C=O) groups is 1. The molecule has 1 aromatic rings. The van der Waals surface area contributed by atoms with Gasteiger partial charge < -0.3 is 9.80 Å². The van der Waals surface area contributed by atoms with Gasteiger partial charge in [-0.2, -0.15) is 17.0 Å². The first-order valence-corrected chi connectivity index (χ1v) is 12.1. The molecule has 29 heavy (non-hydrogen) atoms. The predicted octanol–water partition coefficient (Wildman–Crippen LogP) is 1.40. The largest absolute Gasteiger partial charge is 0.339 e. The molecule has 0 spiro atoms. The molecule has 2 saturated heterocycles. The maximum atomic E-state index is 13.4. The Kier molecular flexibility index (Phi) is 5.92. The molecule has 4 rings (SSSR count). The quantitative estimate of drug-likeness (QED) is 0.710. The summed E-state index contributed by atoms with van der Waals surface area (Å²) in [5.41, 5.74) is 0.550. The first-order chi connectivity index (χ1) is 13.8. The number of halogens is 1. The van der Waals surface area contributed by atoms with Gasteiger partial charge in [0.05, 0.1) is 5.41 Å². The highest BCUT2D eigenvalue weighted by molar-refractivity contribution is 7.86. The predicted molar refractivity (Wildman–Crippen MR) is 113 cm³/mol. The van der Waals surface area contributed by atoms with Crippen LogP contribution < -0.4 is 0 Å². The van der Waals surface area contributed by atoms with Gasteiger partial charge in [-0.1, -0.05) is 30.2 Å². The minimum Gasteiger partial charge on any atom is -0.339 e. The Bertz CT molecular complexity index is 841. The normalized spacial score (nSPS) is 24.3. The van der Waals surface area contributed by atoms with Crippen LogP contribution in [0.4, 0.5) is 0 Å². The van der Waals surface area contributed by atoms with E-state index in [1.165, 1.54) is 4.31 Å². The van der Waals surface area contributed by atoms with Gasteiger partial charge in [-0.25, -0.2) is 0 Å². The zero-order valence-corrected chi connectivity index (χ0v) is 18.5. The molecule has 0 bridgehead atoms. The molecule has 2 heterocycles. The lowest BCUT2D eigenvalue weighted by Crippen LogP contribution is -2.60. The molecule has 1 aliphatic carbocycles. The van der Waals surface area contributed by atoms with E-state index in [1.54, 1.807) is 4.31 Å². The van der Waals surface area contributed by atoms with Crippen molar-refractivity contribution in [2.24, 2.45) is 0 Å². The molecule has 1 amide bonds. The van der Waals surface area contributed by atoms with E-state index in [0.29, 0.717) is 44.3 Å². The van der Waals surface area contributed by atoms with Crippen molar-refractivity contribution in [1.29, 1.82) is 0 Å². The van der Waals surface area contributed by atoms with Crippen LogP contribution in [-0.4, -0.2) is 92.1 Å². The minimum absolute atomic E-state index is 0.128. The third-order valence-electron chi connectivity index (χ3n) is 6.65. The average molecular weight is 441 g/mol. The summed E-state index contributed by atoms with van der Waals surface area (Å²) in [6, 6.07) is 7.58. The van der Waals surface area contributed by atoms with Crippen LogP contribution in [-0.2, 0) is 20.4 Å². The number of benzene rings is 1. The maximum absolute atomic E-state index is 13.4. The van der Waals surface area contributed by atoms with E-state index >= 15 is 0 Å². The summed E-state index contributed by atoms with van der Waals surface area (Å²) in [6.07, 6.45) is 2.71. The summed E-state index contributed by atoms with van der Waals surface area (Å²) in [4.78, 5) is 17.4. The van der Waals surface area contributed by atoms with Crippen molar-refractivity contribution >= 4 is 27.7 Å². The first-order valence-electron chi connectivity index (χ1n) is 10.3. The van der Waals surface area contributed by atoms with Gasteiger partial charge >= 0.3 is 0 Å². The fourth-order valence-corrected chi connectivity index (χ4v) is 6.23. The Morgan fingerprint density at radius 1 is 0.897 bits per heavy atom. The molecule has 0 aromatic heterocycles. The molecule has 160 valence electrons. The van der Waals surface area contributed by atoms with Gasteiger partial charge in [0.25, 0.3) is 10.2 Å². The minimum atomic E-state index is -3.45. The number of rotatable bonds is 4. The van der Waals surface area contributed by atoms with Gasteiger partial charge in [-0.05, 0) is 37.6 Å². The second kappa shape index (κ2) is 8.15. The fourth-order valence-electron chi connectivity index (χ4n) is 4.53. The Balaban J connectivity index is 1.41. The third kappa shape index (κ3) is 3.93. The molecule has 1 aromatic carbocycles. The Hall–Kier alpha value is -1.19. The number of carbonyl (C=O) groups excluding carboxylic acids is 1. The standard InChI is InChI=1S/C20H29ClN4O3S/c1-22-9-13-24(14-10-22)29(27,28)25-15-11-23(12-16-25)19(26)20(7-2-8-20)17-3-5-18(21)6-4-17/h3-6H,2,7-16H2,1H3. The summed E-state index contributed by atoms with van der Waals surface area (Å²) in [6.45, 7) is 4.16. The smallest absolute Gasteiger partial charge is 0.282 e. The Morgan fingerprint density at radius 2 is 1.41 bits per heavy atom. The van der Waals surface area contributed by atoms with E-state index in [1.807, 2.05) is 36.2 Å². The van der Waals surface area contributed by atoms with Crippen LogP contribution >= 0.6 is 11.6 Å². The molecule has 2 aliphatic heterocycles. The molecule has 0 atom stereocenters. The average Bonchev–Trinajstić information content (AvgIpc) is 2.69. The topological polar surface area (TPSA) is 64.2 Å². The van der Waals surface area contributed by atoms with Crippen LogP contribution in [0.5, 0.6) is 0 Å². The van der Waals surface area contributed by atoms with Crippen molar-refractivity contribution in [1.82, 2.24) is 18.4 Å². The van der Waals surface area contributed by atoms with Crippen LogP contribution in [0, 0.1) is 0 Å². The SMILES string of the molecule is CN1CCN(S(=O)(=O)N2CCN(C(=O)C3(c4ccc(Cl)cc4)CCC3)CC2)CC1. The van der Waals surface area contributed by atoms with E-state index in [9.17, 15) is 13.2 Å². The summed E-state index contributed by atoms with van der Waals surface area (Å²) >= 11 is 6.02. The second-order valence-electron chi connectivity index (χ2n) is 8.34. The maximum Gasteiger partial charge on any atom is 0.282 e. The zero-order valence-electron chi connectivity index (χ0n) is 16.9. The van der Waals surface area contributed by atoms with Crippen LogP contribution in [0.15, 0.2) is 24.3 Å². The van der Waals surface area contributed by atoms with Gasteiger partial charge in [0.1, 0.15) is 0 Å². The molecule has 7 nitrogen and oxygen atoms in total. The van der Waals surface area contributed by atoms with Gasteiger partial charge in [0.15, 0.2) is 0 Å². The van der Waals surface area contributed by atoms with Crippen molar-refractivity contribution in [2.45, 2.75) is 24.7 Å². The molecular weight excluding hydrogens is 412 g/mol. The summed E-state index contributed by atoms with van der Waals surface area (Å²) in [7, 11) is -1.45. The molecule has 3 fully saturated rings. The lowest BCUT2D eigenvalue weighted by atomic mass is 9.63. The van der Waals surface area contributed by atoms with Crippen LogP contribution in [0.2, 0.25) is 5.02 Å². The summed E-state index contributed by atoms with van der Waals surface area (Å²) in [5.74, 6) is 0.128. The van der Waals surface area contributed by atoms with Gasteiger partial charge in [-0.15, -0.1) is 0 Å². The number of hydrogen-bond acceptors (Lipinski definition) is 4. The van der Waals surface area contributed by atoms with Crippen molar-refractivity contribution < 1.29 is 13.2 Å². The fraction of sp³-hybridized carbons (Fsp3) is 0.650. The molecule has 0 unspecified atom stereocenters. The van der Waals surface area contributed by atoms with Crippen molar-refractivity contribution in [3.63, 3.8) is 0 Å². The van der Waals surface area contributed by atoms with E-state index < -0.39 is 15.6 Å². The highest BCUT2D eigenvalue weighted by Gasteiger charge is 2.48. The third-order valence-corrected chi connectivity index (χ3v) is 8.94. The number of amides is 1. The Labute approximate surface area is 178 Å². The highest BCUT2D eigenvalue weighted by Crippen LogP contribution is 2.45. The highest BCUT2D eigenvalue weighted by atomic mass is 35.5. The molecule has 3 aliphatic rings. The summed E-state index contributed by atoms with van der Waals surface area (Å²) in [5, 5.41) is 0.665. The van der Waals surface area contributed by atoms with Crippen molar-refractivity contribution in [3.8, 4) is 0 Å². The monoisotopic (exact) mass is 440 g/mol. The first kappa shape index (κ1) is 21.1. The van der Waals surface area contributed by atoms with Crippen LogP contribution in [0.25, 0.3) is 0 Å². The molecule has 0 N–H and O–H groups in total. The van der Waals surface area contributed by atoms with Gasteiger partial charge in [0, 0.05) is 57.4 Å². The van der Waals surface area contributed by atoms with E-state index in [2.05, 4.69) is 4.90 Å². The second-order valence-corrected chi connectivity index (χ2v) is 10.7. The number of nitrogens with zero attached hydrogens (tertiary/aromatic N) is 4. The molecule has 9 heteroatoms. The molecule has 1 saturated carbocycles. The van der Waals surface area contributed by atoms with Crippen LogP contribution in [0.1, 0.15) is 24.8 Å².